The Labute approximate surface area is 149 Å². The van der Waals surface area contributed by atoms with Crippen molar-refractivity contribution >= 4 is 43.2 Å². The van der Waals surface area contributed by atoms with Crippen molar-refractivity contribution in [3.63, 3.8) is 0 Å². The average molecular weight is 409 g/mol. The Bertz CT molecular complexity index is 879. The van der Waals surface area contributed by atoms with E-state index in [1.54, 1.807) is 35.2 Å². The van der Waals surface area contributed by atoms with Crippen LogP contribution < -0.4 is 9.62 Å². The minimum atomic E-state index is -3.64. The van der Waals surface area contributed by atoms with Crippen LogP contribution in [0.25, 0.3) is 0 Å². The van der Waals surface area contributed by atoms with Crippen LogP contribution in [-0.4, -0.2) is 20.9 Å². The molecule has 2 aromatic carbocycles. The molecule has 1 aliphatic rings. The van der Waals surface area contributed by atoms with Crippen LogP contribution in [-0.2, 0) is 14.8 Å². The number of carbonyl (C=O) groups is 1. The molecule has 0 spiro atoms. The average Bonchev–Trinajstić information content (AvgIpc) is 2.93. The minimum absolute atomic E-state index is 0.112. The summed E-state index contributed by atoms with van der Waals surface area (Å²) in [6.07, 6.45) is 1.42. The zero-order valence-corrected chi connectivity index (χ0v) is 15.5. The lowest BCUT2D eigenvalue weighted by Crippen LogP contribution is -2.24. The van der Waals surface area contributed by atoms with Crippen molar-refractivity contribution in [1.29, 1.82) is 0 Å². The predicted molar refractivity (Wildman–Crippen MR) is 97.7 cm³/mol. The molecule has 1 saturated heterocycles. The highest BCUT2D eigenvalue weighted by Gasteiger charge is 2.23. The van der Waals surface area contributed by atoms with Crippen LogP contribution in [0.4, 0.5) is 11.4 Å². The molecule has 126 valence electrons. The highest BCUT2D eigenvalue weighted by atomic mass is 79.9. The summed E-state index contributed by atoms with van der Waals surface area (Å²) in [7, 11) is -3.64. The normalized spacial score (nSPS) is 14.9. The van der Waals surface area contributed by atoms with Gasteiger partial charge in [0.1, 0.15) is 0 Å². The van der Waals surface area contributed by atoms with Crippen LogP contribution in [0.1, 0.15) is 18.4 Å². The van der Waals surface area contributed by atoms with Crippen molar-refractivity contribution in [3.05, 3.63) is 52.5 Å². The van der Waals surface area contributed by atoms with E-state index in [-0.39, 0.29) is 10.8 Å². The smallest absolute Gasteiger partial charge is 0.261 e. The molecular weight excluding hydrogens is 392 g/mol. The molecule has 5 nitrogen and oxygen atoms in total. The fourth-order valence-electron chi connectivity index (χ4n) is 2.75. The van der Waals surface area contributed by atoms with Crippen LogP contribution in [0, 0.1) is 6.92 Å². The monoisotopic (exact) mass is 408 g/mol. The Kier molecular flexibility index (Phi) is 4.64. The first-order valence-electron chi connectivity index (χ1n) is 7.56. The lowest BCUT2D eigenvalue weighted by atomic mass is 10.1. The van der Waals surface area contributed by atoms with Gasteiger partial charge in [-0.3, -0.25) is 9.52 Å². The minimum Gasteiger partial charge on any atom is -0.312 e. The molecule has 0 unspecified atom stereocenters. The van der Waals surface area contributed by atoms with E-state index in [2.05, 4.69) is 20.7 Å². The number of aryl methyl sites for hydroxylation is 1. The van der Waals surface area contributed by atoms with Gasteiger partial charge in [-0.1, -0.05) is 15.9 Å². The summed E-state index contributed by atoms with van der Waals surface area (Å²) in [6, 6.07) is 11.7. The van der Waals surface area contributed by atoms with Crippen LogP contribution in [0.15, 0.2) is 51.8 Å². The maximum absolute atomic E-state index is 12.4. The topological polar surface area (TPSA) is 66.5 Å². The van der Waals surface area contributed by atoms with E-state index >= 15 is 0 Å². The third-order valence-electron chi connectivity index (χ3n) is 3.94. The first kappa shape index (κ1) is 17.0. The lowest BCUT2D eigenvalue weighted by Gasteiger charge is -2.19. The highest BCUT2D eigenvalue weighted by Crippen LogP contribution is 2.28. The Morgan fingerprint density at radius 1 is 1.12 bits per heavy atom. The van der Waals surface area contributed by atoms with E-state index in [1.165, 1.54) is 12.1 Å². The van der Waals surface area contributed by atoms with E-state index in [4.69, 9.17) is 0 Å². The number of sulfonamides is 1. The summed E-state index contributed by atoms with van der Waals surface area (Å²) in [6.45, 7) is 2.59. The molecule has 1 heterocycles. The summed E-state index contributed by atoms with van der Waals surface area (Å²) in [5.41, 5.74) is 2.18. The fourth-order valence-corrected chi connectivity index (χ4v) is 4.07. The maximum atomic E-state index is 12.4. The second-order valence-corrected chi connectivity index (χ2v) is 8.31. The van der Waals surface area contributed by atoms with Gasteiger partial charge in [0, 0.05) is 28.8 Å². The van der Waals surface area contributed by atoms with Crippen LogP contribution in [0.5, 0.6) is 0 Å². The van der Waals surface area contributed by atoms with Crippen LogP contribution >= 0.6 is 15.9 Å². The first-order valence-corrected chi connectivity index (χ1v) is 9.84. The van der Waals surface area contributed by atoms with Gasteiger partial charge in [-0.05, 0) is 61.4 Å². The Morgan fingerprint density at radius 2 is 1.83 bits per heavy atom. The fraction of sp³-hybridized carbons (Fsp3) is 0.235. The van der Waals surface area contributed by atoms with Crippen molar-refractivity contribution in [2.45, 2.75) is 24.7 Å². The number of nitrogens with one attached hydrogen (secondary N) is 1. The number of anilines is 2. The van der Waals surface area contributed by atoms with Crippen molar-refractivity contribution in [2.24, 2.45) is 0 Å². The van der Waals surface area contributed by atoms with Gasteiger partial charge < -0.3 is 4.90 Å². The highest BCUT2D eigenvalue weighted by molar-refractivity contribution is 9.10. The van der Waals surface area contributed by atoms with Gasteiger partial charge in [0.15, 0.2) is 0 Å². The number of rotatable bonds is 4. The van der Waals surface area contributed by atoms with Crippen molar-refractivity contribution in [3.8, 4) is 0 Å². The van der Waals surface area contributed by atoms with Gasteiger partial charge in [-0.2, -0.15) is 0 Å². The predicted octanol–water partition coefficient (Wildman–Crippen LogP) is 3.69. The number of nitrogens with zero attached hydrogens (tertiary/aromatic N) is 1. The molecule has 0 radical (unpaired) electrons. The van der Waals surface area contributed by atoms with Crippen LogP contribution in [0.3, 0.4) is 0 Å². The third kappa shape index (κ3) is 3.47. The van der Waals surface area contributed by atoms with Gasteiger partial charge in [0.2, 0.25) is 5.91 Å². The third-order valence-corrected chi connectivity index (χ3v) is 5.86. The van der Waals surface area contributed by atoms with Gasteiger partial charge in [-0.25, -0.2) is 8.42 Å². The molecule has 0 aromatic heterocycles. The van der Waals surface area contributed by atoms with Crippen molar-refractivity contribution in [1.82, 2.24) is 0 Å². The van der Waals surface area contributed by atoms with Gasteiger partial charge in [0.05, 0.1) is 4.90 Å². The van der Waals surface area contributed by atoms with Crippen molar-refractivity contribution in [2.75, 3.05) is 16.2 Å². The van der Waals surface area contributed by atoms with E-state index < -0.39 is 10.0 Å². The molecule has 0 atom stereocenters. The molecule has 2 aromatic rings. The lowest BCUT2D eigenvalue weighted by molar-refractivity contribution is -0.117. The second kappa shape index (κ2) is 6.57. The zero-order valence-electron chi connectivity index (χ0n) is 13.1. The summed E-state index contributed by atoms with van der Waals surface area (Å²) in [4.78, 5) is 13.8. The molecule has 1 amide bonds. The number of carbonyl (C=O) groups excluding carboxylic acids is 1. The Balaban J connectivity index is 1.84. The standard InChI is InChI=1S/C17H17BrN2O3S/c1-12-11-14(6-9-16(12)20-10-2-3-17(20)21)19-24(22,23)15-7-4-13(18)5-8-15/h4-9,11,19H,2-3,10H2,1H3. The number of hydrogen-bond donors (Lipinski definition) is 1. The Hall–Kier alpha value is -1.86. The quantitative estimate of drug-likeness (QED) is 0.838. The van der Waals surface area contributed by atoms with E-state index in [1.807, 2.05) is 6.92 Å². The maximum Gasteiger partial charge on any atom is 0.261 e. The number of hydrogen-bond acceptors (Lipinski definition) is 3. The molecule has 0 aliphatic carbocycles. The van der Waals surface area contributed by atoms with E-state index in [0.717, 1.165) is 22.1 Å². The summed E-state index contributed by atoms with van der Waals surface area (Å²) >= 11 is 3.29. The SMILES string of the molecule is Cc1cc(NS(=O)(=O)c2ccc(Br)cc2)ccc1N1CCCC1=O. The largest absolute Gasteiger partial charge is 0.312 e. The molecule has 24 heavy (non-hydrogen) atoms. The Morgan fingerprint density at radius 3 is 2.42 bits per heavy atom. The van der Waals surface area contributed by atoms with Gasteiger partial charge >= 0.3 is 0 Å². The zero-order chi connectivity index (χ0) is 17.3. The van der Waals surface area contributed by atoms with Gasteiger partial charge in [-0.15, -0.1) is 0 Å². The van der Waals surface area contributed by atoms with Crippen LogP contribution in [0.2, 0.25) is 0 Å². The molecule has 1 N–H and O–H groups in total. The molecule has 1 aliphatic heterocycles. The molecule has 0 saturated carbocycles. The summed E-state index contributed by atoms with van der Waals surface area (Å²) in [5, 5.41) is 0. The molecule has 0 bridgehead atoms. The molecule has 3 rings (SSSR count). The van der Waals surface area contributed by atoms with Crippen molar-refractivity contribution < 1.29 is 13.2 Å². The molecule has 1 fully saturated rings. The first-order chi connectivity index (χ1) is 11.4. The summed E-state index contributed by atoms with van der Waals surface area (Å²) in [5.74, 6) is 0.112. The van der Waals surface area contributed by atoms with Gasteiger partial charge in [0.25, 0.3) is 10.0 Å². The number of amides is 1. The number of halogens is 1. The van der Waals surface area contributed by atoms with E-state index in [0.29, 0.717) is 18.7 Å². The van der Waals surface area contributed by atoms with E-state index in [9.17, 15) is 13.2 Å². The number of benzene rings is 2. The second-order valence-electron chi connectivity index (χ2n) is 5.71. The summed E-state index contributed by atoms with van der Waals surface area (Å²) < 4.78 is 28.2. The molecular formula is C17H17BrN2O3S. The molecule has 7 heteroatoms.